The van der Waals surface area contributed by atoms with Gasteiger partial charge in [0.1, 0.15) is 5.82 Å². The van der Waals surface area contributed by atoms with Crippen LogP contribution in [0, 0.1) is 0 Å². The lowest BCUT2D eigenvalue weighted by Gasteiger charge is -2.03. The number of rotatable bonds is 0. The van der Waals surface area contributed by atoms with E-state index in [1.165, 1.54) is 6.20 Å². The molecule has 2 N–H and O–H groups in total. The Morgan fingerprint density at radius 1 is 1.46 bits per heavy atom. The molecular weight excluding hydrogens is 190 g/mol. The predicted octanol–water partition coefficient (Wildman–Crippen LogP) is 0.777. The summed E-state index contributed by atoms with van der Waals surface area (Å²) in [5, 5.41) is 6.23. The van der Waals surface area contributed by atoms with E-state index in [0.29, 0.717) is 23.9 Å². The van der Waals surface area contributed by atoms with Crippen LogP contribution >= 0.6 is 11.6 Å². The zero-order valence-corrected chi connectivity index (χ0v) is 7.56. The molecule has 2 heterocycles. The molecule has 5 heteroatoms. The van der Waals surface area contributed by atoms with Crippen LogP contribution < -0.4 is 10.6 Å². The Kier molecular flexibility index (Phi) is 2.16. The molecule has 0 aromatic carbocycles. The smallest absolute Gasteiger partial charge is 0.239 e. The van der Waals surface area contributed by atoms with Gasteiger partial charge in [0.15, 0.2) is 0 Å². The molecule has 4 nitrogen and oxygen atoms in total. The number of anilines is 1. The molecule has 0 atom stereocenters. The summed E-state index contributed by atoms with van der Waals surface area (Å²) < 4.78 is 0. The van der Waals surface area contributed by atoms with Gasteiger partial charge >= 0.3 is 0 Å². The number of hydrogen-bond acceptors (Lipinski definition) is 3. The fourth-order valence-electron chi connectivity index (χ4n) is 1.22. The molecule has 0 fully saturated rings. The number of carbonyl (C=O) groups excluding carboxylic acids is 1. The van der Waals surface area contributed by atoms with Crippen molar-refractivity contribution in [2.75, 3.05) is 11.9 Å². The minimum atomic E-state index is -0.0754. The van der Waals surface area contributed by atoms with Crippen LogP contribution in [-0.2, 0) is 11.3 Å². The molecule has 0 aliphatic carbocycles. The zero-order valence-electron chi connectivity index (χ0n) is 6.80. The van der Waals surface area contributed by atoms with E-state index in [1.807, 2.05) is 0 Å². The molecule has 68 valence electrons. The average molecular weight is 198 g/mol. The molecule has 0 radical (unpaired) electrons. The number of nitrogens with one attached hydrogen (secondary N) is 2. The number of aromatic nitrogens is 1. The normalized spacial score (nSPS) is 15.9. The highest BCUT2D eigenvalue weighted by Gasteiger charge is 2.12. The van der Waals surface area contributed by atoms with E-state index < -0.39 is 0 Å². The van der Waals surface area contributed by atoms with Gasteiger partial charge in [0.05, 0.1) is 11.6 Å². The summed E-state index contributed by atoms with van der Waals surface area (Å²) in [7, 11) is 0. The second-order valence-electron chi connectivity index (χ2n) is 2.81. The topological polar surface area (TPSA) is 54.0 Å². The minimum absolute atomic E-state index is 0.0754. The molecular formula is C8H8ClN3O. The van der Waals surface area contributed by atoms with E-state index in [0.717, 1.165) is 5.56 Å². The highest BCUT2D eigenvalue weighted by Crippen LogP contribution is 2.18. The number of amides is 1. The van der Waals surface area contributed by atoms with Crippen LogP contribution in [0.25, 0.3) is 0 Å². The maximum Gasteiger partial charge on any atom is 0.239 e. The predicted molar refractivity (Wildman–Crippen MR) is 49.6 cm³/mol. The molecule has 1 amide bonds. The summed E-state index contributed by atoms with van der Waals surface area (Å²) in [4.78, 5) is 15.1. The van der Waals surface area contributed by atoms with E-state index in [2.05, 4.69) is 15.6 Å². The fourth-order valence-corrected chi connectivity index (χ4v) is 1.40. The summed E-state index contributed by atoms with van der Waals surface area (Å²) in [5.74, 6) is 0.521. The van der Waals surface area contributed by atoms with Crippen molar-refractivity contribution < 1.29 is 4.79 Å². The van der Waals surface area contributed by atoms with E-state index in [4.69, 9.17) is 11.6 Å². The van der Waals surface area contributed by atoms with Crippen LogP contribution in [0.4, 0.5) is 5.82 Å². The third-order valence-corrected chi connectivity index (χ3v) is 2.00. The molecule has 2 rings (SSSR count). The maximum absolute atomic E-state index is 11.1. The Hall–Kier alpha value is -1.13. The maximum atomic E-state index is 11.1. The average Bonchev–Trinajstić information content (AvgIpc) is 2.25. The second-order valence-corrected chi connectivity index (χ2v) is 3.25. The summed E-state index contributed by atoms with van der Waals surface area (Å²) in [6, 6.07) is 1.79. The van der Waals surface area contributed by atoms with Gasteiger partial charge in [-0.05, 0) is 6.07 Å². The Morgan fingerprint density at radius 3 is 3.15 bits per heavy atom. The first-order chi connectivity index (χ1) is 6.25. The van der Waals surface area contributed by atoms with Gasteiger partial charge in [0, 0.05) is 18.3 Å². The highest BCUT2D eigenvalue weighted by atomic mass is 35.5. The van der Waals surface area contributed by atoms with E-state index in [-0.39, 0.29) is 5.91 Å². The van der Waals surface area contributed by atoms with Crippen molar-refractivity contribution in [1.29, 1.82) is 0 Å². The molecule has 0 spiro atoms. The standard InChI is InChI=1S/C8H8ClN3O/c9-6-1-5-2-10-4-7(13)12-8(5)11-3-6/h1,3,10H,2,4H2,(H,11,12,13). The van der Waals surface area contributed by atoms with E-state index in [1.54, 1.807) is 6.07 Å². The van der Waals surface area contributed by atoms with Gasteiger partial charge in [0.2, 0.25) is 5.91 Å². The third-order valence-electron chi connectivity index (χ3n) is 1.79. The van der Waals surface area contributed by atoms with Crippen molar-refractivity contribution in [1.82, 2.24) is 10.3 Å². The molecule has 13 heavy (non-hydrogen) atoms. The van der Waals surface area contributed by atoms with Crippen LogP contribution in [0.2, 0.25) is 5.02 Å². The Morgan fingerprint density at radius 2 is 2.31 bits per heavy atom. The van der Waals surface area contributed by atoms with E-state index >= 15 is 0 Å². The highest BCUT2D eigenvalue weighted by molar-refractivity contribution is 6.30. The largest absolute Gasteiger partial charge is 0.309 e. The summed E-state index contributed by atoms with van der Waals surface area (Å²) in [6.07, 6.45) is 1.52. The Balaban J connectivity index is 2.40. The zero-order chi connectivity index (χ0) is 9.26. The lowest BCUT2D eigenvalue weighted by molar-refractivity contribution is -0.115. The lowest BCUT2D eigenvalue weighted by atomic mass is 10.2. The van der Waals surface area contributed by atoms with Gasteiger partial charge in [-0.2, -0.15) is 0 Å². The van der Waals surface area contributed by atoms with Crippen LogP contribution in [0.1, 0.15) is 5.56 Å². The number of halogens is 1. The summed E-state index contributed by atoms with van der Waals surface area (Å²) >= 11 is 5.76. The van der Waals surface area contributed by atoms with Crippen molar-refractivity contribution in [3.05, 3.63) is 22.8 Å². The minimum Gasteiger partial charge on any atom is -0.309 e. The van der Waals surface area contributed by atoms with Gasteiger partial charge in [-0.1, -0.05) is 11.6 Å². The molecule has 0 saturated heterocycles. The number of hydrogen-bond donors (Lipinski definition) is 2. The number of nitrogens with zero attached hydrogens (tertiary/aromatic N) is 1. The van der Waals surface area contributed by atoms with Crippen molar-refractivity contribution in [3.63, 3.8) is 0 Å². The van der Waals surface area contributed by atoms with Gasteiger partial charge < -0.3 is 10.6 Å². The van der Waals surface area contributed by atoms with Crippen LogP contribution in [0.3, 0.4) is 0 Å². The Labute approximate surface area is 80.3 Å². The first kappa shape index (κ1) is 8.47. The van der Waals surface area contributed by atoms with Gasteiger partial charge in [-0.25, -0.2) is 4.98 Å². The van der Waals surface area contributed by atoms with Gasteiger partial charge in [-0.15, -0.1) is 0 Å². The van der Waals surface area contributed by atoms with Crippen molar-refractivity contribution in [3.8, 4) is 0 Å². The molecule has 0 bridgehead atoms. The van der Waals surface area contributed by atoms with Crippen LogP contribution in [-0.4, -0.2) is 17.4 Å². The lowest BCUT2D eigenvalue weighted by Crippen LogP contribution is -2.23. The molecule has 1 aliphatic heterocycles. The first-order valence-corrected chi connectivity index (χ1v) is 4.28. The quantitative estimate of drug-likeness (QED) is 0.646. The first-order valence-electron chi connectivity index (χ1n) is 3.91. The van der Waals surface area contributed by atoms with Crippen LogP contribution in [0.15, 0.2) is 12.3 Å². The van der Waals surface area contributed by atoms with E-state index in [9.17, 15) is 4.79 Å². The molecule has 0 unspecified atom stereocenters. The fraction of sp³-hybridized carbons (Fsp3) is 0.250. The van der Waals surface area contributed by atoms with Crippen molar-refractivity contribution in [2.24, 2.45) is 0 Å². The number of fused-ring (bicyclic) bond motifs is 1. The summed E-state index contributed by atoms with van der Waals surface area (Å²) in [6.45, 7) is 0.926. The molecule has 1 aromatic heterocycles. The van der Waals surface area contributed by atoms with Crippen molar-refractivity contribution >= 4 is 23.3 Å². The number of pyridine rings is 1. The second kappa shape index (κ2) is 3.32. The summed E-state index contributed by atoms with van der Waals surface area (Å²) in [5.41, 5.74) is 0.915. The molecule has 0 saturated carbocycles. The van der Waals surface area contributed by atoms with Gasteiger partial charge in [-0.3, -0.25) is 4.79 Å². The van der Waals surface area contributed by atoms with Crippen LogP contribution in [0.5, 0.6) is 0 Å². The monoisotopic (exact) mass is 197 g/mol. The molecule has 1 aliphatic rings. The third kappa shape index (κ3) is 1.79. The Bertz CT molecular complexity index is 353. The molecule has 1 aromatic rings. The van der Waals surface area contributed by atoms with Gasteiger partial charge in [0.25, 0.3) is 0 Å². The van der Waals surface area contributed by atoms with Crippen molar-refractivity contribution in [2.45, 2.75) is 6.54 Å². The SMILES string of the molecule is O=C1CNCc2cc(Cl)cnc2N1. The number of carbonyl (C=O) groups is 1.